The number of phenolic OH excluding ortho intramolecular Hbond substituents is 1. The number of nitrogen functional groups attached to an aromatic ring is 1. The number of rotatable bonds is 6. The Morgan fingerprint density at radius 2 is 1.86 bits per heavy atom. The van der Waals surface area contributed by atoms with E-state index in [0.717, 1.165) is 10.9 Å². The highest BCUT2D eigenvalue weighted by Gasteiger charge is 2.19. The number of benzene rings is 3. The first kappa shape index (κ1) is 23.7. The van der Waals surface area contributed by atoms with Crippen LogP contribution in [0.1, 0.15) is 22.4 Å². The Balaban J connectivity index is 1.62. The van der Waals surface area contributed by atoms with Crippen LogP contribution in [-0.2, 0) is 6.54 Å². The number of hydrogen-bond acceptors (Lipinski definition) is 7. The summed E-state index contributed by atoms with van der Waals surface area (Å²) in [4.78, 5) is 21.9. The highest BCUT2D eigenvalue weighted by atomic mass is 19.1. The monoisotopic (exact) mass is 494 g/mol. The van der Waals surface area contributed by atoms with Crippen LogP contribution < -0.4 is 16.6 Å². The van der Waals surface area contributed by atoms with Crippen molar-refractivity contribution in [2.45, 2.75) is 13.5 Å². The first-order valence-electron chi connectivity index (χ1n) is 11.5. The molecule has 2 aromatic heterocycles. The van der Waals surface area contributed by atoms with Gasteiger partial charge in [-0.2, -0.15) is 0 Å². The maximum atomic E-state index is 14.9. The predicted octanol–water partition coefficient (Wildman–Crippen LogP) is 4.54. The molecule has 0 saturated carbocycles. The van der Waals surface area contributed by atoms with Crippen molar-refractivity contribution >= 4 is 28.1 Å². The van der Waals surface area contributed by atoms with Crippen LogP contribution in [-0.4, -0.2) is 25.4 Å². The zero-order valence-electron chi connectivity index (χ0n) is 19.9. The Labute approximate surface area is 211 Å². The van der Waals surface area contributed by atoms with E-state index in [2.05, 4.69) is 15.3 Å². The van der Waals surface area contributed by atoms with Crippen molar-refractivity contribution in [1.29, 1.82) is 5.41 Å². The van der Waals surface area contributed by atoms with E-state index in [1.807, 2.05) is 31.2 Å². The molecule has 0 atom stereocenters. The highest BCUT2D eigenvalue weighted by molar-refractivity contribution is 6.16. The number of nitrogens with two attached hydrogens (primary N) is 1. The van der Waals surface area contributed by atoms with Crippen LogP contribution in [0, 0.1) is 18.2 Å². The molecule has 5 aromatic rings. The normalized spacial score (nSPS) is 11.0. The average Bonchev–Trinajstić information content (AvgIpc) is 2.88. The summed E-state index contributed by atoms with van der Waals surface area (Å²) in [5.74, 6) is -0.187. The van der Waals surface area contributed by atoms with Gasteiger partial charge in [-0.15, -0.1) is 0 Å². The van der Waals surface area contributed by atoms with Gasteiger partial charge in [0, 0.05) is 11.3 Å². The number of aryl methyl sites for hydroxylation is 1. The molecule has 0 unspecified atom stereocenters. The van der Waals surface area contributed by atoms with Gasteiger partial charge in [-0.3, -0.25) is 14.8 Å². The van der Waals surface area contributed by atoms with E-state index >= 15 is 0 Å². The summed E-state index contributed by atoms with van der Waals surface area (Å²) < 4.78 is 16.2. The number of fused-ring (bicyclic) bond motifs is 1. The Bertz CT molecular complexity index is 1730. The number of halogens is 1. The molecule has 5 rings (SSSR count). The van der Waals surface area contributed by atoms with E-state index in [-0.39, 0.29) is 46.5 Å². The maximum Gasteiger partial charge on any atom is 0.263 e. The Morgan fingerprint density at radius 1 is 1.08 bits per heavy atom. The second-order valence-corrected chi connectivity index (χ2v) is 8.53. The molecule has 0 amide bonds. The lowest BCUT2D eigenvalue weighted by molar-refractivity contribution is 0.475. The number of aromatic hydroxyl groups is 1. The van der Waals surface area contributed by atoms with Crippen molar-refractivity contribution in [2.24, 2.45) is 0 Å². The number of phenols is 1. The molecule has 0 aliphatic heterocycles. The molecule has 2 heterocycles. The molecule has 8 nitrogen and oxygen atoms in total. The van der Waals surface area contributed by atoms with E-state index < -0.39 is 5.82 Å². The van der Waals surface area contributed by atoms with Gasteiger partial charge in [0.25, 0.3) is 5.56 Å². The summed E-state index contributed by atoms with van der Waals surface area (Å²) in [5, 5.41) is 22.9. The number of para-hydroxylation sites is 1. The molecule has 3 aromatic carbocycles. The zero-order valence-corrected chi connectivity index (χ0v) is 19.9. The van der Waals surface area contributed by atoms with Crippen LogP contribution in [0.2, 0.25) is 0 Å². The second kappa shape index (κ2) is 9.54. The summed E-state index contributed by atoms with van der Waals surface area (Å²) in [6.07, 6.45) is 1.27. The van der Waals surface area contributed by atoms with Crippen molar-refractivity contribution in [3.05, 3.63) is 118 Å². The van der Waals surface area contributed by atoms with Crippen LogP contribution in [0.3, 0.4) is 0 Å². The van der Waals surface area contributed by atoms with Gasteiger partial charge in [-0.05, 0) is 48.2 Å². The molecule has 37 heavy (non-hydrogen) atoms. The van der Waals surface area contributed by atoms with Gasteiger partial charge in [0.1, 0.15) is 29.5 Å². The molecule has 0 spiro atoms. The van der Waals surface area contributed by atoms with Crippen LogP contribution in [0.5, 0.6) is 5.75 Å². The van der Waals surface area contributed by atoms with Crippen molar-refractivity contribution in [1.82, 2.24) is 14.5 Å². The molecular formula is C28H23FN6O2. The number of hydrogen-bond donors (Lipinski definition) is 4. The number of nitrogens with zero attached hydrogens (tertiary/aromatic N) is 3. The molecule has 0 aliphatic carbocycles. The van der Waals surface area contributed by atoms with Gasteiger partial charge < -0.3 is 16.2 Å². The minimum Gasteiger partial charge on any atom is -0.508 e. The first-order valence-corrected chi connectivity index (χ1v) is 11.5. The predicted molar refractivity (Wildman–Crippen MR) is 142 cm³/mol. The summed E-state index contributed by atoms with van der Waals surface area (Å²) >= 11 is 0. The second-order valence-electron chi connectivity index (χ2n) is 8.53. The molecule has 0 bridgehead atoms. The quantitative estimate of drug-likeness (QED) is 0.256. The fourth-order valence-electron chi connectivity index (χ4n) is 4.38. The fraction of sp³-hybridized carbons (Fsp3) is 0.0714. The Morgan fingerprint density at radius 3 is 2.65 bits per heavy atom. The summed E-state index contributed by atoms with van der Waals surface area (Å²) in [5.41, 5.74) is 7.86. The van der Waals surface area contributed by atoms with Gasteiger partial charge in [0.05, 0.1) is 28.9 Å². The lowest BCUT2D eigenvalue weighted by atomic mass is 10.0. The summed E-state index contributed by atoms with van der Waals surface area (Å²) in [6, 6.07) is 19.7. The van der Waals surface area contributed by atoms with Crippen molar-refractivity contribution in [3.8, 4) is 11.4 Å². The minimum atomic E-state index is -0.531. The number of nitrogens with one attached hydrogen (secondary N) is 2. The van der Waals surface area contributed by atoms with E-state index in [1.54, 1.807) is 30.3 Å². The number of aromatic nitrogens is 3. The average molecular weight is 495 g/mol. The lowest BCUT2D eigenvalue weighted by Crippen LogP contribution is -2.25. The smallest absolute Gasteiger partial charge is 0.263 e. The summed E-state index contributed by atoms with van der Waals surface area (Å²) in [6.45, 7) is 1.92. The van der Waals surface area contributed by atoms with Crippen LogP contribution >= 0.6 is 0 Å². The highest BCUT2D eigenvalue weighted by Crippen LogP contribution is 2.25. The Kier molecular flexibility index (Phi) is 6.10. The zero-order chi connectivity index (χ0) is 26.1. The standard InChI is InChI=1S/C28H23FN6O2/c1-16-6-4-7-17-12-19(35(28(37)23(16)17)22-11-3-2-10-21(22)29)14-32-27-24(26(31)33-15-34-27)25(30)18-8-5-9-20(36)13-18/h2-13,15,30,36H,14H2,1H3,(H3,31,32,33,34). The third-order valence-electron chi connectivity index (χ3n) is 6.12. The Hall–Kier alpha value is -5.05. The maximum absolute atomic E-state index is 14.9. The molecule has 0 saturated heterocycles. The lowest BCUT2D eigenvalue weighted by Gasteiger charge is -2.18. The fourth-order valence-corrected chi connectivity index (χ4v) is 4.38. The molecule has 5 N–H and O–H groups in total. The minimum absolute atomic E-state index is 0.00698. The topological polar surface area (TPSA) is 130 Å². The van der Waals surface area contributed by atoms with Gasteiger partial charge in [-0.1, -0.05) is 42.5 Å². The SMILES string of the molecule is Cc1cccc2cc(CNc3ncnc(N)c3C(=N)c3cccc(O)c3)n(-c3ccccc3F)c(=O)c12. The van der Waals surface area contributed by atoms with Crippen molar-refractivity contribution in [2.75, 3.05) is 11.1 Å². The third-order valence-corrected chi connectivity index (χ3v) is 6.12. The van der Waals surface area contributed by atoms with E-state index in [4.69, 9.17) is 11.1 Å². The first-order chi connectivity index (χ1) is 17.8. The van der Waals surface area contributed by atoms with Gasteiger partial charge in [-0.25, -0.2) is 14.4 Å². The molecule has 184 valence electrons. The molecular weight excluding hydrogens is 471 g/mol. The van der Waals surface area contributed by atoms with Crippen molar-refractivity contribution < 1.29 is 9.50 Å². The number of anilines is 2. The molecule has 0 fully saturated rings. The van der Waals surface area contributed by atoms with Crippen LogP contribution in [0.4, 0.5) is 16.0 Å². The third kappa shape index (κ3) is 4.38. The van der Waals surface area contributed by atoms with E-state index in [0.29, 0.717) is 16.6 Å². The van der Waals surface area contributed by atoms with Crippen molar-refractivity contribution in [3.63, 3.8) is 0 Å². The molecule has 9 heteroatoms. The van der Waals surface area contributed by atoms with Crippen LogP contribution in [0.25, 0.3) is 16.5 Å². The van der Waals surface area contributed by atoms with E-state index in [1.165, 1.54) is 29.1 Å². The van der Waals surface area contributed by atoms with Gasteiger partial charge >= 0.3 is 0 Å². The largest absolute Gasteiger partial charge is 0.508 e. The van der Waals surface area contributed by atoms with Crippen LogP contribution in [0.15, 0.2) is 83.9 Å². The van der Waals surface area contributed by atoms with E-state index in [9.17, 15) is 14.3 Å². The number of pyridine rings is 1. The molecule has 0 aliphatic rings. The molecule has 0 radical (unpaired) electrons. The summed E-state index contributed by atoms with van der Waals surface area (Å²) in [7, 11) is 0. The van der Waals surface area contributed by atoms with Gasteiger partial charge in [0.15, 0.2) is 0 Å². The van der Waals surface area contributed by atoms with Gasteiger partial charge in [0.2, 0.25) is 0 Å².